The van der Waals surface area contributed by atoms with E-state index in [-0.39, 0.29) is 11.9 Å². The van der Waals surface area contributed by atoms with Crippen LogP contribution in [0.2, 0.25) is 0 Å². The molecule has 15 heavy (non-hydrogen) atoms. The summed E-state index contributed by atoms with van der Waals surface area (Å²) in [7, 11) is 1.39. The number of rotatable bonds is 8. The van der Waals surface area contributed by atoms with E-state index < -0.39 is 0 Å². The number of ether oxygens (including phenoxy) is 1. The number of esters is 1. The molecular formula is C12H22O3. The monoisotopic (exact) mass is 214 g/mol. The molecule has 1 atom stereocenters. The van der Waals surface area contributed by atoms with Crippen LogP contribution < -0.4 is 0 Å². The highest BCUT2D eigenvalue weighted by Gasteiger charge is 2.12. The molecule has 0 N–H and O–H groups in total. The third-order valence-electron chi connectivity index (χ3n) is 2.57. The highest BCUT2D eigenvalue weighted by Crippen LogP contribution is 2.12. The topological polar surface area (TPSA) is 43.4 Å². The lowest BCUT2D eigenvalue weighted by Gasteiger charge is -2.09. The summed E-state index contributed by atoms with van der Waals surface area (Å²) in [6, 6.07) is 0. The molecule has 0 saturated carbocycles. The van der Waals surface area contributed by atoms with E-state index in [1.165, 1.54) is 7.11 Å². The Morgan fingerprint density at radius 2 is 1.87 bits per heavy atom. The quantitative estimate of drug-likeness (QED) is 0.583. The molecule has 0 aromatic rings. The van der Waals surface area contributed by atoms with Gasteiger partial charge in [0, 0.05) is 18.8 Å². The molecule has 0 radical (unpaired) electrons. The maximum absolute atomic E-state index is 11.5. The predicted octanol–water partition coefficient (Wildman–Crippen LogP) is 2.73. The third kappa shape index (κ3) is 7.11. The average molecular weight is 214 g/mol. The zero-order chi connectivity index (χ0) is 11.7. The van der Waals surface area contributed by atoms with Crippen molar-refractivity contribution >= 4 is 11.8 Å². The Labute approximate surface area is 92.2 Å². The minimum atomic E-state index is -0.191. The molecule has 0 spiro atoms. The molecular weight excluding hydrogens is 192 g/mol. The Morgan fingerprint density at radius 1 is 1.20 bits per heavy atom. The highest BCUT2D eigenvalue weighted by atomic mass is 16.5. The lowest BCUT2D eigenvalue weighted by molar-refractivity contribution is -0.141. The second kappa shape index (κ2) is 8.45. The fraction of sp³-hybridized carbons (Fsp3) is 0.833. The van der Waals surface area contributed by atoms with Gasteiger partial charge in [-0.15, -0.1) is 0 Å². The predicted molar refractivity (Wildman–Crippen MR) is 59.6 cm³/mol. The molecule has 0 aromatic heterocycles. The van der Waals surface area contributed by atoms with Crippen molar-refractivity contribution in [1.29, 1.82) is 0 Å². The van der Waals surface area contributed by atoms with Crippen LogP contribution in [0.4, 0.5) is 0 Å². The maximum atomic E-state index is 11.5. The second-order valence-corrected chi connectivity index (χ2v) is 3.94. The first kappa shape index (κ1) is 14.1. The van der Waals surface area contributed by atoms with Gasteiger partial charge in [0.1, 0.15) is 5.78 Å². The van der Waals surface area contributed by atoms with Crippen molar-refractivity contribution in [2.24, 2.45) is 5.92 Å². The second-order valence-electron chi connectivity index (χ2n) is 3.94. The molecule has 3 nitrogen and oxygen atoms in total. The molecule has 0 aliphatic rings. The smallest absolute Gasteiger partial charge is 0.305 e. The van der Waals surface area contributed by atoms with Crippen molar-refractivity contribution in [3.05, 3.63) is 0 Å². The Bertz CT molecular complexity index is 199. The van der Waals surface area contributed by atoms with E-state index in [0.717, 1.165) is 25.7 Å². The van der Waals surface area contributed by atoms with Crippen LogP contribution in [0.3, 0.4) is 0 Å². The normalized spacial score (nSPS) is 12.2. The van der Waals surface area contributed by atoms with Crippen LogP contribution in [0.1, 0.15) is 52.4 Å². The zero-order valence-electron chi connectivity index (χ0n) is 10.0. The van der Waals surface area contributed by atoms with Gasteiger partial charge in [-0.2, -0.15) is 0 Å². The molecule has 0 saturated heterocycles. The summed E-state index contributed by atoms with van der Waals surface area (Å²) in [6.45, 7) is 4.02. The maximum Gasteiger partial charge on any atom is 0.305 e. The van der Waals surface area contributed by atoms with Crippen LogP contribution in [0, 0.1) is 5.92 Å². The first-order valence-electron chi connectivity index (χ1n) is 5.71. The Hall–Kier alpha value is -0.860. The minimum Gasteiger partial charge on any atom is -0.469 e. The van der Waals surface area contributed by atoms with Gasteiger partial charge in [0.15, 0.2) is 0 Å². The van der Waals surface area contributed by atoms with Crippen LogP contribution >= 0.6 is 0 Å². The van der Waals surface area contributed by atoms with E-state index >= 15 is 0 Å². The van der Waals surface area contributed by atoms with E-state index in [4.69, 9.17) is 0 Å². The third-order valence-corrected chi connectivity index (χ3v) is 2.57. The fourth-order valence-electron chi connectivity index (χ4n) is 1.41. The molecule has 0 aliphatic carbocycles. The first-order valence-corrected chi connectivity index (χ1v) is 5.71. The van der Waals surface area contributed by atoms with E-state index in [0.29, 0.717) is 18.6 Å². The minimum absolute atomic E-state index is 0.0845. The number of Topliss-reactive ketones (excluding diaryl/α,β-unsaturated/α-hetero) is 1. The molecule has 3 heteroatoms. The van der Waals surface area contributed by atoms with Gasteiger partial charge < -0.3 is 4.74 Å². The fourth-order valence-corrected chi connectivity index (χ4v) is 1.41. The Kier molecular flexibility index (Phi) is 7.96. The van der Waals surface area contributed by atoms with Gasteiger partial charge in [0.2, 0.25) is 0 Å². The SMILES string of the molecule is CCCCC(=O)C(C)CCCC(=O)OC. The molecule has 0 heterocycles. The Morgan fingerprint density at radius 3 is 2.40 bits per heavy atom. The van der Waals surface area contributed by atoms with Crippen molar-refractivity contribution in [2.75, 3.05) is 7.11 Å². The number of hydrogen-bond donors (Lipinski definition) is 0. The summed E-state index contributed by atoms with van der Waals surface area (Å²) >= 11 is 0. The van der Waals surface area contributed by atoms with Crippen LogP contribution in [0.15, 0.2) is 0 Å². The summed E-state index contributed by atoms with van der Waals surface area (Å²) in [4.78, 5) is 22.4. The summed E-state index contributed by atoms with van der Waals surface area (Å²) in [5, 5.41) is 0. The van der Waals surface area contributed by atoms with Gasteiger partial charge in [-0.05, 0) is 19.3 Å². The van der Waals surface area contributed by atoms with E-state index in [1.807, 2.05) is 6.92 Å². The van der Waals surface area contributed by atoms with Crippen LogP contribution in [-0.2, 0) is 14.3 Å². The molecule has 0 fully saturated rings. The zero-order valence-corrected chi connectivity index (χ0v) is 10.0. The largest absolute Gasteiger partial charge is 0.469 e. The van der Waals surface area contributed by atoms with Gasteiger partial charge >= 0.3 is 5.97 Å². The molecule has 0 aromatic carbocycles. The number of methoxy groups -OCH3 is 1. The van der Waals surface area contributed by atoms with Gasteiger partial charge in [-0.25, -0.2) is 0 Å². The van der Waals surface area contributed by atoms with Crippen molar-refractivity contribution in [3.63, 3.8) is 0 Å². The average Bonchev–Trinajstić information content (AvgIpc) is 2.25. The van der Waals surface area contributed by atoms with Crippen LogP contribution in [-0.4, -0.2) is 18.9 Å². The van der Waals surface area contributed by atoms with Gasteiger partial charge in [-0.1, -0.05) is 20.3 Å². The first-order chi connectivity index (χ1) is 7.11. The number of hydrogen-bond acceptors (Lipinski definition) is 3. The molecule has 0 bridgehead atoms. The van der Waals surface area contributed by atoms with Crippen LogP contribution in [0.5, 0.6) is 0 Å². The summed E-state index contributed by atoms with van der Waals surface area (Å²) in [5.74, 6) is 0.214. The molecule has 0 amide bonds. The summed E-state index contributed by atoms with van der Waals surface area (Å²) in [6.07, 6.45) is 4.65. The van der Waals surface area contributed by atoms with Crippen molar-refractivity contribution in [3.8, 4) is 0 Å². The van der Waals surface area contributed by atoms with Crippen molar-refractivity contribution in [2.45, 2.75) is 52.4 Å². The van der Waals surface area contributed by atoms with Gasteiger partial charge in [0.25, 0.3) is 0 Å². The van der Waals surface area contributed by atoms with Crippen LogP contribution in [0.25, 0.3) is 0 Å². The van der Waals surface area contributed by atoms with E-state index in [9.17, 15) is 9.59 Å². The highest BCUT2D eigenvalue weighted by molar-refractivity contribution is 5.80. The standard InChI is InChI=1S/C12H22O3/c1-4-5-8-11(13)10(2)7-6-9-12(14)15-3/h10H,4-9H2,1-3H3. The lowest BCUT2D eigenvalue weighted by Crippen LogP contribution is -2.11. The molecule has 0 aliphatic heterocycles. The summed E-state index contributed by atoms with van der Waals surface area (Å²) < 4.78 is 4.53. The van der Waals surface area contributed by atoms with Crippen molar-refractivity contribution < 1.29 is 14.3 Å². The summed E-state index contributed by atoms with van der Waals surface area (Å²) in [5.41, 5.74) is 0. The van der Waals surface area contributed by atoms with E-state index in [2.05, 4.69) is 11.7 Å². The van der Waals surface area contributed by atoms with E-state index in [1.54, 1.807) is 0 Å². The van der Waals surface area contributed by atoms with Crippen molar-refractivity contribution in [1.82, 2.24) is 0 Å². The number of unbranched alkanes of at least 4 members (excludes halogenated alkanes) is 1. The van der Waals surface area contributed by atoms with Gasteiger partial charge in [0.05, 0.1) is 7.11 Å². The number of carbonyl (C=O) groups is 2. The number of carbonyl (C=O) groups excluding carboxylic acids is 2. The Balaban J connectivity index is 3.59. The molecule has 0 rings (SSSR count). The molecule has 88 valence electrons. The molecule has 1 unspecified atom stereocenters. The van der Waals surface area contributed by atoms with Gasteiger partial charge in [-0.3, -0.25) is 9.59 Å². The lowest BCUT2D eigenvalue weighted by atomic mass is 9.96. The number of ketones is 1.